The molecule has 6 nitrogen and oxygen atoms in total. The maximum atomic E-state index is 11.6. The van der Waals surface area contributed by atoms with Crippen molar-refractivity contribution in [1.82, 2.24) is 9.21 Å². The Kier molecular flexibility index (Phi) is 3.92. The zero-order valence-electron chi connectivity index (χ0n) is 9.88. The van der Waals surface area contributed by atoms with E-state index in [2.05, 4.69) is 0 Å². The van der Waals surface area contributed by atoms with E-state index in [1.807, 2.05) is 0 Å². The minimum atomic E-state index is -3.18. The van der Waals surface area contributed by atoms with Gasteiger partial charge in [0.1, 0.15) is 0 Å². The Morgan fingerprint density at radius 3 is 2.38 bits per heavy atom. The molecule has 0 spiro atoms. The standard InChI is InChI=1S/C9H19N3O3S/c1-7-6-11(9(13)8(2)10)4-5-12(7)16(3,14)15/h7-8H,4-6,10H2,1-3H3/t7-,8+/m0/s1. The number of hydrogen-bond acceptors (Lipinski definition) is 4. The number of piperazine rings is 1. The lowest BCUT2D eigenvalue weighted by Crippen LogP contribution is -2.57. The fourth-order valence-corrected chi connectivity index (χ4v) is 3.06. The van der Waals surface area contributed by atoms with Gasteiger partial charge in [-0.15, -0.1) is 0 Å². The average molecular weight is 249 g/mol. The third-order valence-electron chi connectivity index (χ3n) is 2.69. The molecule has 1 amide bonds. The van der Waals surface area contributed by atoms with Gasteiger partial charge < -0.3 is 10.6 Å². The van der Waals surface area contributed by atoms with Crippen molar-refractivity contribution in [3.8, 4) is 0 Å². The minimum Gasteiger partial charge on any atom is -0.338 e. The first-order valence-corrected chi connectivity index (χ1v) is 7.09. The molecule has 0 aromatic carbocycles. The number of nitrogens with zero attached hydrogens (tertiary/aromatic N) is 2. The van der Waals surface area contributed by atoms with E-state index in [-0.39, 0.29) is 11.9 Å². The Balaban J connectivity index is 2.69. The summed E-state index contributed by atoms with van der Waals surface area (Å²) in [6, 6.07) is -0.719. The zero-order chi connectivity index (χ0) is 12.5. The summed E-state index contributed by atoms with van der Waals surface area (Å²) in [6.45, 7) is 4.60. The minimum absolute atomic E-state index is 0.125. The van der Waals surface area contributed by atoms with Crippen LogP contribution in [-0.4, -0.2) is 61.5 Å². The molecule has 0 radical (unpaired) electrons. The van der Waals surface area contributed by atoms with Crippen molar-refractivity contribution in [1.29, 1.82) is 0 Å². The van der Waals surface area contributed by atoms with Crippen LogP contribution in [0.25, 0.3) is 0 Å². The first kappa shape index (κ1) is 13.4. The van der Waals surface area contributed by atoms with Crippen LogP contribution in [0.2, 0.25) is 0 Å². The summed E-state index contributed by atoms with van der Waals surface area (Å²) in [5.41, 5.74) is 5.51. The highest BCUT2D eigenvalue weighted by Gasteiger charge is 2.32. The van der Waals surface area contributed by atoms with Crippen molar-refractivity contribution in [2.45, 2.75) is 25.9 Å². The van der Waals surface area contributed by atoms with Crippen molar-refractivity contribution < 1.29 is 13.2 Å². The summed E-state index contributed by atoms with van der Waals surface area (Å²) >= 11 is 0. The molecule has 0 bridgehead atoms. The first-order valence-electron chi connectivity index (χ1n) is 5.24. The van der Waals surface area contributed by atoms with Crippen LogP contribution < -0.4 is 5.73 Å². The SMILES string of the molecule is C[C@@H](N)C(=O)N1CCN(S(C)(=O)=O)[C@@H](C)C1. The molecular weight excluding hydrogens is 230 g/mol. The van der Waals surface area contributed by atoms with Crippen LogP contribution in [-0.2, 0) is 14.8 Å². The van der Waals surface area contributed by atoms with Crippen molar-refractivity contribution in [2.75, 3.05) is 25.9 Å². The van der Waals surface area contributed by atoms with Crippen LogP contribution in [0.15, 0.2) is 0 Å². The van der Waals surface area contributed by atoms with E-state index in [9.17, 15) is 13.2 Å². The maximum absolute atomic E-state index is 11.6. The third-order valence-corrected chi connectivity index (χ3v) is 4.09. The Hall–Kier alpha value is -0.660. The van der Waals surface area contributed by atoms with E-state index in [1.54, 1.807) is 18.7 Å². The molecule has 94 valence electrons. The summed E-state index contributed by atoms with van der Waals surface area (Å²) in [7, 11) is -3.18. The van der Waals surface area contributed by atoms with Gasteiger partial charge >= 0.3 is 0 Å². The Labute approximate surface area is 96.4 Å². The maximum Gasteiger partial charge on any atom is 0.239 e. The molecule has 0 aromatic heterocycles. The number of sulfonamides is 1. The monoisotopic (exact) mass is 249 g/mol. The molecule has 16 heavy (non-hydrogen) atoms. The normalized spacial score (nSPS) is 25.5. The largest absolute Gasteiger partial charge is 0.338 e. The Morgan fingerprint density at radius 1 is 1.44 bits per heavy atom. The summed E-state index contributed by atoms with van der Waals surface area (Å²) < 4.78 is 24.2. The summed E-state index contributed by atoms with van der Waals surface area (Å²) in [5, 5.41) is 0. The van der Waals surface area contributed by atoms with E-state index >= 15 is 0 Å². The van der Waals surface area contributed by atoms with E-state index < -0.39 is 16.1 Å². The van der Waals surface area contributed by atoms with Gasteiger partial charge in [-0.05, 0) is 13.8 Å². The predicted molar refractivity (Wildman–Crippen MR) is 61.2 cm³/mol. The number of nitrogens with two attached hydrogens (primary N) is 1. The van der Waals surface area contributed by atoms with Crippen molar-refractivity contribution in [3.05, 3.63) is 0 Å². The number of hydrogen-bond donors (Lipinski definition) is 1. The van der Waals surface area contributed by atoms with Gasteiger partial charge in [-0.25, -0.2) is 8.42 Å². The molecule has 1 aliphatic heterocycles. The Bertz CT molecular complexity index is 366. The van der Waals surface area contributed by atoms with Crippen molar-refractivity contribution in [3.63, 3.8) is 0 Å². The number of amides is 1. The van der Waals surface area contributed by atoms with E-state index in [0.717, 1.165) is 0 Å². The van der Waals surface area contributed by atoms with Crippen LogP contribution in [0.4, 0.5) is 0 Å². The lowest BCUT2D eigenvalue weighted by Gasteiger charge is -2.38. The predicted octanol–water partition coefficient (Wildman–Crippen LogP) is -1.17. The number of carbonyl (C=O) groups excluding carboxylic acids is 1. The topological polar surface area (TPSA) is 83.7 Å². The summed E-state index contributed by atoms with van der Waals surface area (Å²) in [6.07, 6.45) is 1.19. The number of carbonyl (C=O) groups is 1. The lowest BCUT2D eigenvalue weighted by molar-refractivity contribution is -0.134. The van der Waals surface area contributed by atoms with E-state index in [0.29, 0.717) is 19.6 Å². The second-order valence-corrected chi connectivity index (χ2v) is 6.23. The molecular formula is C9H19N3O3S. The molecule has 1 aliphatic rings. The second-order valence-electron chi connectivity index (χ2n) is 4.30. The highest BCUT2D eigenvalue weighted by molar-refractivity contribution is 7.88. The Morgan fingerprint density at radius 2 is 2.00 bits per heavy atom. The number of rotatable bonds is 2. The van der Waals surface area contributed by atoms with Gasteiger partial charge in [0.15, 0.2) is 0 Å². The smallest absolute Gasteiger partial charge is 0.239 e. The van der Waals surface area contributed by atoms with Crippen molar-refractivity contribution in [2.24, 2.45) is 5.73 Å². The fourth-order valence-electron chi connectivity index (χ4n) is 1.92. The fraction of sp³-hybridized carbons (Fsp3) is 0.889. The van der Waals surface area contributed by atoms with Gasteiger partial charge in [0, 0.05) is 25.7 Å². The van der Waals surface area contributed by atoms with Crippen LogP contribution in [0.5, 0.6) is 0 Å². The molecule has 1 rings (SSSR count). The molecule has 1 heterocycles. The molecule has 0 unspecified atom stereocenters. The van der Waals surface area contributed by atoms with Gasteiger partial charge in [-0.2, -0.15) is 4.31 Å². The van der Waals surface area contributed by atoms with Crippen LogP contribution in [0, 0.1) is 0 Å². The second kappa shape index (κ2) is 4.68. The third kappa shape index (κ3) is 2.93. The molecule has 0 aromatic rings. The van der Waals surface area contributed by atoms with E-state index in [1.165, 1.54) is 10.6 Å². The molecule has 2 N–H and O–H groups in total. The zero-order valence-corrected chi connectivity index (χ0v) is 10.7. The first-order chi connectivity index (χ1) is 7.23. The van der Waals surface area contributed by atoms with Gasteiger partial charge in [-0.1, -0.05) is 0 Å². The molecule has 1 saturated heterocycles. The van der Waals surface area contributed by atoms with Crippen LogP contribution >= 0.6 is 0 Å². The molecule has 1 fully saturated rings. The molecule has 2 atom stereocenters. The molecule has 0 aliphatic carbocycles. The van der Waals surface area contributed by atoms with Crippen LogP contribution in [0.3, 0.4) is 0 Å². The summed E-state index contributed by atoms with van der Waals surface area (Å²) in [4.78, 5) is 13.3. The van der Waals surface area contributed by atoms with Crippen LogP contribution in [0.1, 0.15) is 13.8 Å². The molecule has 7 heteroatoms. The lowest BCUT2D eigenvalue weighted by atomic mass is 10.2. The highest BCUT2D eigenvalue weighted by atomic mass is 32.2. The highest BCUT2D eigenvalue weighted by Crippen LogP contribution is 2.13. The van der Waals surface area contributed by atoms with Crippen molar-refractivity contribution >= 4 is 15.9 Å². The van der Waals surface area contributed by atoms with Gasteiger partial charge in [0.25, 0.3) is 0 Å². The van der Waals surface area contributed by atoms with Gasteiger partial charge in [0.05, 0.1) is 12.3 Å². The molecule has 0 saturated carbocycles. The van der Waals surface area contributed by atoms with E-state index in [4.69, 9.17) is 5.73 Å². The quantitative estimate of drug-likeness (QED) is 0.668. The van der Waals surface area contributed by atoms with Gasteiger partial charge in [-0.3, -0.25) is 4.79 Å². The average Bonchev–Trinajstić information content (AvgIpc) is 2.14. The summed E-state index contributed by atoms with van der Waals surface area (Å²) in [5.74, 6) is -0.125. The van der Waals surface area contributed by atoms with Gasteiger partial charge in [0.2, 0.25) is 15.9 Å².